The molecule has 1 aliphatic carbocycles. The van der Waals surface area contributed by atoms with Crippen LogP contribution < -0.4 is 0 Å². The molecule has 0 bridgehead atoms. The van der Waals surface area contributed by atoms with E-state index < -0.39 is 10.0 Å². The van der Waals surface area contributed by atoms with Gasteiger partial charge in [0.05, 0.1) is 4.90 Å². The molecule has 19 heavy (non-hydrogen) atoms. The quantitative estimate of drug-likeness (QED) is 0.832. The van der Waals surface area contributed by atoms with E-state index in [4.69, 9.17) is 0 Å². The Kier molecular flexibility index (Phi) is 4.69. The maximum Gasteiger partial charge on any atom is 0.243 e. The van der Waals surface area contributed by atoms with Gasteiger partial charge in [0.2, 0.25) is 10.0 Å². The van der Waals surface area contributed by atoms with Crippen molar-refractivity contribution in [2.24, 2.45) is 0 Å². The van der Waals surface area contributed by atoms with E-state index in [1.54, 1.807) is 22.5 Å². The zero-order valence-electron chi connectivity index (χ0n) is 11.3. The molecule has 1 aromatic carbocycles. The van der Waals surface area contributed by atoms with Gasteiger partial charge in [-0.05, 0) is 44.9 Å². The van der Waals surface area contributed by atoms with Gasteiger partial charge in [-0.2, -0.15) is 4.31 Å². The predicted molar refractivity (Wildman–Crippen MR) is 80.6 cm³/mol. The van der Waals surface area contributed by atoms with Crippen LogP contribution >= 0.6 is 15.9 Å². The van der Waals surface area contributed by atoms with Crippen LogP contribution in [0, 0.1) is 0 Å². The van der Waals surface area contributed by atoms with Crippen LogP contribution in [-0.2, 0) is 10.0 Å². The summed E-state index contributed by atoms with van der Waals surface area (Å²) in [5, 5.41) is 0. The Morgan fingerprint density at radius 3 is 2.42 bits per heavy atom. The van der Waals surface area contributed by atoms with Gasteiger partial charge in [-0.25, -0.2) is 8.42 Å². The molecule has 106 valence electrons. The fourth-order valence-electron chi connectivity index (χ4n) is 2.80. The fraction of sp³-hybridized carbons (Fsp3) is 0.571. The number of halogens is 1. The second-order valence-electron chi connectivity index (χ2n) is 5.32. The van der Waals surface area contributed by atoms with Gasteiger partial charge in [-0.1, -0.05) is 34.8 Å². The summed E-state index contributed by atoms with van der Waals surface area (Å²) < 4.78 is 28.1. The van der Waals surface area contributed by atoms with Crippen molar-refractivity contribution in [2.45, 2.75) is 56.5 Å². The van der Waals surface area contributed by atoms with Crippen LogP contribution in [0.15, 0.2) is 33.6 Å². The fourth-order valence-corrected chi connectivity index (χ4v) is 5.28. The van der Waals surface area contributed by atoms with E-state index in [-0.39, 0.29) is 12.1 Å². The van der Waals surface area contributed by atoms with E-state index in [0.717, 1.165) is 30.2 Å². The summed E-state index contributed by atoms with van der Waals surface area (Å²) in [5.41, 5.74) is 0. The van der Waals surface area contributed by atoms with E-state index in [9.17, 15) is 8.42 Å². The van der Waals surface area contributed by atoms with E-state index in [0.29, 0.717) is 4.90 Å². The highest BCUT2D eigenvalue weighted by Crippen LogP contribution is 2.31. The third-order valence-corrected chi connectivity index (χ3v) is 6.18. The summed E-state index contributed by atoms with van der Waals surface area (Å²) >= 11 is 3.34. The maximum atomic E-state index is 12.8. The topological polar surface area (TPSA) is 37.4 Å². The molecule has 0 atom stereocenters. The van der Waals surface area contributed by atoms with Gasteiger partial charge in [0.1, 0.15) is 0 Å². The first-order valence-corrected chi connectivity index (χ1v) is 8.95. The summed E-state index contributed by atoms with van der Waals surface area (Å²) in [6.45, 7) is 3.90. The van der Waals surface area contributed by atoms with Crippen molar-refractivity contribution in [2.75, 3.05) is 0 Å². The first-order chi connectivity index (χ1) is 8.93. The minimum atomic E-state index is -3.40. The van der Waals surface area contributed by atoms with Crippen molar-refractivity contribution in [3.05, 3.63) is 28.7 Å². The molecule has 0 saturated heterocycles. The summed E-state index contributed by atoms with van der Waals surface area (Å²) in [6.07, 6.45) is 4.21. The number of benzene rings is 1. The van der Waals surface area contributed by atoms with Crippen LogP contribution in [0.2, 0.25) is 0 Å². The van der Waals surface area contributed by atoms with Crippen molar-refractivity contribution in [1.82, 2.24) is 4.31 Å². The van der Waals surface area contributed by atoms with E-state index >= 15 is 0 Å². The Morgan fingerprint density at radius 1 is 1.26 bits per heavy atom. The molecule has 2 rings (SSSR count). The molecule has 0 N–H and O–H groups in total. The van der Waals surface area contributed by atoms with Crippen molar-refractivity contribution in [1.29, 1.82) is 0 Å². The lowest BCUT2D eigenvalue weighted by atomic mass is 10.2. The number of nitrogens with zero attached hydrogens (tertiary/aromatic N) is 1. The largest absolute Gasteiger partial charge is 0.243 e. The summed E-state index contributed by atoms with van der Waals surface area (Å²) in [5.74, 6) is 0. The van der Waals surface area contributed by atoms with Crippen molar-refractivity contribution >= 4 is 26.0 Å². The molecule has 0 amide bonds. The Labute approximate surface area is 124 Å². The van der Waals surface area contributed by atoms with Gasteiger partial charge in [-0.3, -0.25) is 0 Å². The normalized spacial score (nSPS) is 17.5. The Balaban J connectivity index is 2.39. The standard InChI is InChI=1S/C14H20BrNO2S/c1-11(2)16(13-7-3-4-8-13)19(17,18)14-9-5-6-12(15)10-14/h5-6,9-11,13H,3-4,7-8H2,1-2H3. The summed E-state index contributed by atoms with van der Waals surface area (Å²) in [6, 6.07) is 7.11. The minimum absolute atomic E-state index is 0.00733. The lowest BCUT2D eigenvalue weighted by Crippen LogP contribution is -2.43. The molecule has 1 aromatic rings. The van der Waals surface area contributed by atoms with Crippen molar-refractivity contribution in [3.8, 4) is 0 Å². The monoisotopic (exact) mass is 345 g/mol. The van der Waals surface area contributed by atoms with E-state index in [1.807, 2.05) is 19.9 Å². The van der Waals surface area contributed by atoms with Crippen LogP contribution in [-0.4, -0.2) is 24.8 Å². The lowest BCUT2D eigenvalue weighted by Gasteiger charge is -2.31. The van der Waals surface area contributed by atoms with Gasteiger partial charge in [0, 0.05) is 16.6 Å². The van der Waals surface area contributed by atoms with Crippen molar-refractivity contribution < 1.29 is 8.42 Å². The Morgan fingerprint density at radius 2 is 1.89 bits per heavy atom. The molecule has 1 fully saturated rings. The van der Waals surface area contributed by atoms with Gasteiger partial charge < -0.3 is 0 Å². The third-order valence-electron chi connectivity index (χ3n) is 3.57. The summed E-state index contributed by atoms with van der Waals surface area (Å²) in [4.78, 5) is 0.377. The molecule has 3 nitrogen and oxygen atoms in total. The average Bonchev–Trinajstić information content (AvgIpc) is 2.81. The highest BCUT2D eigenvalue weighted by atomic mass is 79.9. The molecular formula is C14H20BrNO2S. The second kappa shape index (κ2) is 5.94. The van der Waals surface area contributed by atoms with Crippen LogP contribution in [0.5, 0.6) is 0 Å². The number of hydrogen-bond donors (Lipinski definition) is 0. The van der Waals surface area contributed by atoms with E-state index in [2.05, 4.69) is 15.9 Å². The van der Waals surface area contributed by atoms with Gasteiger partial charge in [-0.15, -0.1) is 0 Å². The molecular weight excluding hydrogens is 326 g/mol. The molecule has 0 unspecified atom stereocenters. The zero-order chi connectivity index (χ0) is 14.0. The van der Waals surface area contributed by atoms with Gasteiger partial charge in [0.15, 0.2) is 0 Å². The van der Waals surface area contributed by atoms with Crippen LogP contribution in [0.1, 0.15) is 39.5 Å². The molecule has 0 spiro atoms. The minimum Gasteiger partial charge on any atom is -0.207 e. The number of hydrogen-bond acceptors (Lipinski definition) is 2. The zero-order valence-corrected chi connectivity index (χ0v) is 13.7. The molecule has 1 aliphatic rings. The maximum absolute atomic E-state index is 12.8. The Bertz CT molecular complexity index is 536. The second-order valence-corrected chi connectivity index (χ2v) is 8.08. The molecule has 0 heterocycles. The van der Waals surface area contributed by atoms with Gasteiger partial charge in [0.25, 0.3) is 0 Å². The highest BCUT2D eigenvalue weighted by Gasteiger charge is 2.35. The first kappa shape index (κ1) is 15.0. The highest BCUT2D eigenvalue weighted by molar-refractivity contribution is 9.10. The SMILES string of the molecule is CC(C)N(C1CCCC1)S(=O)(=O)c1cccc(Br)c1. The Hall–Kier alpha value is -0.390. The number of rotatable bonds is 4. The lowest BCUT2D eigenvalue weighted by molar-refractivity contribution is 0.275. The smallest absolute Gasteiger partial charge is 0.207 e. The van der Waals surface area contributed by atoms with Crippen molar-refractivity contribution in [3.63, 3.8) is 0 Å². The first-order valence-electron chi connectivity index (χ1n) is 6.72. The van der Waals surface area contributed by atoms with Crippen LogP contribution in [0.3, 0.4) is 0 Å². The predicted octanol–water partition coefficient (Wildman–Crippen LogP) is 3.79. The molecule has 0 radical (unpaired) electrons. The molecule has 0 aromatic heterocycles. The van der Waals surface area contributed by atoms with Crippen LogP contribution in [0.25, 0.3) is 0 Å². The molecule has 5 heteroatoms. The average molecular weight is 346 g/mol. The third kappa shape index (κ3) is 3.20. The molecule has 1 saturated carbocycles. The van der Waals surface area contributed by atoms with Gasteiger partial charge >= 0.3 is 0 Å². The van der Waals surface area contributed by atoms with E-state index in [1.165, 1.54) is 0 Å². The number of sulfonamides is 1. The molecule has 0 aliphatic heterocycles. The summed E-state index contributed by atoms with van der Waals surface area (Å²) in [7, 11) is -3.40. The van der Waals surface area contributed by atoms with Crippen LogP contribution in [0.4, 0.5) is 0 Å².